The Morgan fingerprint density at radius 1 is 0.900 bits per heavy atom. The Morgan fingerprint density at radius 3 is 2.57 bits per heavy atom. The molecule has 8 heteroatoms. The van der Waals surface area contributed by atoms with Gasteiger partial charge in [0.25, 0.3) is 5.91 Å². The number of nitrogens with zero attached hydrogens (tertiary/aromatic N) is 3. The van der Waals surface area contributed by atoms with E-state index in [1.54, 1.807) is 55.0 Å². The Bertz CT molecular complexity index is 1160. The second-order valence-electron chi connectivity index (χ2n) is 6.35. The zero-order chi connectivity index (χ0) is 20.8. The molecule has 0 fully saturated rings. The molecule has 0 spiro atoms. The first-order chi connectivity index (χ1) is 14.7. The molecule has 0 bridgehead atoms. The molecule has 148 valence electrons. The van der Waals surface area contributed by atoms with Crippen LogP contribution in [-0.4, -0.2) is 26.8 Å². The van der Waals surface area contributed by atoms with Gasteiger partial charge in [-0.2, -0.15) is 0 Å². The van der Waals surface area contributed by atoms with Gasteiger partial charge in [-0.15, -0.1) is 11.3 Å². The third-order valence-electron chi connectivity index (χ3n) is 4.12. The monoisotopic (exact) mass is 415 g/mol. The zero-order valence-corrected chi connectivity index (χ0v) is 16.6. The van der Waals surface area contributed by atoms with Gasteiger partial charge in [0.15, 0.2) is 0 Å². The lowest BCUT2D eigenvalue weighted by Gasteiger charge is -2.08. The molecule has 0 radical (unpaired) electrons. The molecule has 3 aromatic heterocycles. The Morgan fingerprint density at radius 2 is 1.77 bits per heavy atom. The second kappa shape index (κ2) is 9.06. The minimum Gasteiger partial charge on any atom is -0.326 e. The van der Waals surface area contributed by atoms with Crippen molar-refractivity contribution < 1.29 is 9.59 Å². The molecule has 0 atom stereocenters. The molecule has 2 amide bonds. The van der Waals surface area contributed by atoms with Gasteiger partial charge in [0.1, 0.15) is 5.01 Å². The van der Waals surface area contributed by atoms with Crippen LogP contribution in [0.1, 0.15) is 16.1 Å². The van der Waals surface area contributed by atoms with Crippen molar-refractivity contribution in [1.82, 2.24) is 15.0 Å². The second-order valence-corrected chi connectivity index (χ2v) is 7.21. The van der Waals surface area contributed by atoms with E-state index in [-0.39, 0.29) is 18.2 Å². The summed E-state index contributed by atoms with van der Waals surface area (Å²) in [6.07, 6.45) is 5.05. The van der Waals surface area contributed by atoms with Crippen molar-refractivity contribution in [3.8, 4) is 10.7 Å². The van der Waals surface area contributed by atoms with Crippen molar-refractivity contribution in [2.24, 2.45) is 0 Å². The minimum atomic E-state index is -0.267. The van der Waals surface area contributed by atoms with Crippen molar-refractivity contribution in [2.75, 3.05) is 10.6 Å². The third-order valence-corrected chi connectivity index (χ3v) is 5.04. The highest BCUT2D eigenvalue weighted by molar-refractivity contribution is 7.13. The fraction of sp³-hybridized carbons (Fsp3) is 0.0455. The molecule has 0 saturated heterocycles. The summed E-state index contributed by atoms with van der Waals surface area (Å²) in [5.74, 6) is -0.476. The van der Waals surface area contributed by atoms with Crippen molar-refractivity contribution in [2.45, 2.75) is 6.42 Å². The van der Waals surface area contributed by atoms with Crippen molar-refractivity contribution >= 4 is 34.5 Å². The van der Waals surface area contributed by atoms with E-state index in [0.717, 1.165) is 10.7 Å². The lowest BCUT2D eigenvalue weighted by Crippen LogP contribution is -2.16. The van der Waals surface area contributed by atoms with Crippen LogP contribution in [0.4, 0.5) is 11.4 Å². The molecule has 3 heterocycles. The lowest BCUT2D eigenvalue weighted by atomic mass is 10.1. The van der Waals surface area contributed by atoms with Crippen LogP contribution in [0.25, 0.3) is 10.7 Å². The molecule has 0 aliphatic rings. The average molecular weight is 415 g/mol. The number of thiazole rings is 1. The first-order valence-corrected chi connectivity index (χ1v) is 10.0. The van der Waals surface area contributed by atoms with E-state index >= 15 is 0 Å². The van der Waals surface area contributed by atoms with E-state index in [2.05, 4.69) is 25.6 Å². The van der Waals surface area contributed by atoms with Gasteiger partial charge in [-0.05, 0) is 42.5 Å². The number of pyridine rings is 2. The maximum atomic E-state index is 12.4. The molecule has 4 aromatic rings. The van der Waals surface area contributed by atoms with Gasteiger partial charge in [0.2, 0.25) is 5.91 Å². The van der Waals surface area contributed by atoms with E-state index in [0.29, 0.717) is 22.6 Å². The van der Waals surface area contributed by atoms with E-state index < -0.39 is 0 Å². The Balaban J connectivity index is 1.38. The van der Waals surface area contributed by atoms with Crippen LogP contribution in [0.15, 0.2) is 78.6 Å². The Labute approximate surface area is 176 Å². The van der Waals surface area contributed by atoms with Crippen LogP contribution in [-0.2, 0) is 11.2 Å². The largest absolute Gasteiger partial charge is 0.326 e. The molecule has 1 aromatic carbocycles. The van der Waals surface area contributed by atoms with E-state index in [4.69, 9.17) is 0 Å². The van der Waals surface area contributed by atoms with Crippen molar-refractivity contribution in [1.29, 1.82) is 0 Å². The molecule has 4 rings (SSSR count). The van der Waals surface area contributed by atoms with Crippen LogP contribution >= 0.6 is 11.3 Å². The molecule has 0 saturated carbocycles. The van der Waals surface area contributed by atoms with Gasteiger partial charge in [0, 0.05) is 40.9 Å². The number of nitrogens with one attached hydrogen (secondary N) is 2. The number of aromatic nitrogens is 3. The van der Waals surface area contributed by atoms with Gasteiger partial charge in [-0.25, -0.2) is 4.98 Å². The van der Waals surface area contributed by atoms with Crippen LogP contribution < -0.4 is 10.6 Å². The number of hydrogen-bond donors (Lipinski definition) is 2. The maximum absolute atomic E-state index is 12.4. The minimum absolute atomic E-state index is 0.136. The lowest BCUT2D eigenvalue weighted by molar-refractivity contribution is -0.115. The predicted molar refractivity (Wildman–Crippen MR) is 116 cm³/mol. The summed E-state index contributed by atoms with van der Waals surface area (Å²) in [5.41, 5.74) is 3.08. The first kappa shape index (κ1) is 19.4. The number of anilines is 2. The fourth-order valence-corrected chi connectivity index (χ4v) is 3.54. The Kier molecular flexibility index (Phi) is 5.86. The number of carbonyl (C=O) groups excluding carboxylic acids is 2. The van der Waals surface area contributed by atoms with E-state index in [1.165, 1.54) is 11.3 Å². The summed E-state index contributed by atoms with van der Waals surface area (Å²) in [6, 6.07) is 15.8. The summed E-state index contributed by atoms with van der Waals surface area (Å²) in [4.78, 5) is 37.5. The van der Waals surface area contributed by atoms with Gasteiger partial charge < -0.3 is 10.6 Å². The number of carbonyl (C=O) groups is 2. The average Bonchev–Trinajstić information content (AvgIpc) is 3.23. The zero-order valence-electron chi connectivity index (χ0n) is 15.8. The van der Waals surface area contributed by atoms with Gasteiger partial charge in [-0.1, -0.05) is 12.1 Å². The molecule has 2 N–H and O–H groups in total. The number of benzene rings is 1. The summed E-state index contributed by atoms with van der Waals surface area (Å²) < 4.78 is 0. The highest BCUT2D eigenvalue weighted by atomic mass is 32.1. The normalized spacial score (nSPS) is 10.4. The molecule has 0 unspecified atom stereocenters. The standard InChI is InChI=1S/C22H17N5O2S/c28-20(13-18-14-30-22(27-18)19-6-1-2-9-24-19)25-17-5-3-4-15(12-17)21(29)26-16-7-10-23-11-8-16/h1-12,14H,13H2,(H,25,28)(H,23,26,29). The fourth-order valence-electron chi connectivity index (χ4n) is 2.74. The highest BCUT2D eigenvalue weighted by Gasteiger charge is 2.12. The Hall–Kier alpha value is -3.91. The van der Waals surface area contributed by atoms with Crippen LogP contribution in [0, 0.1) is 0 Å². The van der Waals surface area contributed by atoms with Crippen LogP contribution in [0.2, 0.25) is 0 Å². The van der Waals surface area contributed by atoms with Gasteiger partial charge in [-0.3, -0.25) is 19.6 Å². The topological polar surface area (TPSA) is 96.9 Å². The van der Waals surface area contributed by atoms with E-state index in [1.807, 2.05) is 23.6 Å². The number of rotatable bonds is 6. The number of hydrogen-bond acceptors (Lipinski definition) is 6. The molecular weight excluding hydrogens is 398 g/mol. The van der Waals surface area contributed by atoms with Crippen LogP contribution in [0.3, 0.4) is 0 Å². The third kappa shape index (κ3) is 4.92. The smallest absolute Gasteiger partial charge is 0.255 e. The predicted octanol–water partition coefficient (Wildman–Crippen LogP) is 4.03. The summed E-state index contributed by atoms with van der Waals surface area (Å²) >= 11 is 1.45. The van der Waals surface area contributed by atoms with Gasteiger partial charge >= 0.3 is 0 Å². The molecular formula is C22H17N5O2S. The number of amides is 2. The molecule has 0 aliphatic carbocycles. The summed E-state index contributed by atoms with van der Waals surface area (Å²) in [7, 11) is 0. The van der Waals surface area contributed by atoms with Crippen LogP contribution in [0.5, 0.6) is 0 Å². The highest BCUT2D eigenvalue weighted by Crippen LogP contribution is 2.22. The van der Waals surface area contributed by atoms with Gasteiger partial charge in [0.05, 0.1) is 17.8 Å². The SMILES string of the molecule is O=C(Cc1csc(-c2ccccn2)n1)Nc1cccc(C(=O)Nc2ccncc2)c1. The molecule has 0 aliphatic heterocycles. The molecule has 7 nitrogen and oxygen atoms in total. The van der Waals surface area contributed by atoms with Crippen molar-refractivity contribution in [3.63, 3.8) is 0 Å². The van der Waals surface area contributed by atoms with E-state index in [9.17, 15) is 9.59 Å². The quantitative estimate of drug-likeness (QED) is 0.495. The summed E-state index contributed by atoms with van der Waals surface area (Å²) in [5, 5.41) is 8.23. The van der Waals surface area contributed by atoms with Crippen molar-refractivity contribution in [3.05, 3.63) is 89.8 Å². The maximum Gasteiger partial charge on any atom is 0.255 e. The first-order valence-electron chi connectivity index (χ1n) is 9.14. The molecule has 30 heavy (non-hydrogen) atoms. The summed E-state index contributed by atoms with van der Waals surface area (Å²) in [6.45, 7) is 0.